The molecule has 1 N–H and O–H groups in total. The molecule has 0 bridgehead atoms. The van der Waals surface area contributed by atoms with Crippen LogP contribution in [0.3, 0.4) is 0 Å². The maximum Gasteiger partial charge on any atom is 0.241 e. The van der Waals surface area contributed by atoms with Crippen LogP contribution in [0.25, 0.3) is 0 Å². The topological polar surface area (TPSA) is 75.7 Å². The first-order chi connectivity index (χ1) is 13.5. The molecule has 0 spiro atoms. The molecule has 1 aromatic rings. The van der Waals surface area contributed by atoms with Crippen molar-refractivity contribution in [2.24, 2.45) is 0 Å². The number of methoxy groups -OCH3 is 1. The van der Waals surface area contributed by atoms with Crippen molar-refractivity contribution in [3.8, 4) is 5.75 Å². The van der Waals surface area contributed by atoms with E-state index in [-0.39, 0.29) is 36.6 Å². The highest BCUT2D eigenvalue weighted by atomic mass is 32.2. The third-order valence-corrected chi connectivity index (χ3v) is 6.39. The Kier molecular flexibility index (Phi) is 6.65. The number of hydrogen-bond donors (Lipinski definition) is 1. The maximum atomic E-state index is 13.5. The molecule has 7 heteroatoms. The Morgan fingerprint density at radius 2 is 1.93 bits per heavy atom. The van der Waals surface area contributed by atoms with Crippen LogP contribution in [0.15, 0.2) is 24.3 Å². The van der Waals surface area contributed by atoms with Crippen LogP contribution in [0.5, 0.6) is 5.75 Å². The van der Waals surface area contributed by atoms with Gasteiger partial charge in [0.15, 0.2) is 0 Å². The number of imide groups is 1. The Hall–Kier alpha value is -2.02. The molecule has 6 nitrogen and oxygen atoms in total. The molecule has 3 rings (SSSR count). The van der Waals surface area contributed by atoms with E-state index in [1.165, 1.54) is 4.90 Å². The summed E-state index contributed by atoms with van der Waals surface area (Å²) in [4.78, 5) is 40.5. The Bertz CT molecular complexity index is 730. The number of carbonyl (C=O) groups excluding carboxylic acids is 3. The van der Waals surface area contributed by atoms with Crippen LogP contribution >= 0.6 is 11.8 Å². The molecule has 1 unspecified atom stereocenters. The number of hydrogen-bond acceptors (Lipinski definition) is 5. The maximum absolute atomic E-state index is 13.5. The number of thioether (sulfide) groups is 1. The molecule has 1 aliphatic carbocycles. The van der Waals surface area contributed by atoms with Crippen LogP contribution in [0.2, 0.25) is 0 Å². The summed E-state index contributed by atoms with van der Waals surface area (Å²) in [6.07, 6.45) is 5.79. The minimum absolute atomic E-state index is 0.0124. The first-order valence-electron chi connectivity index (χ1n) is 9.78. The third-order valence-electron chi connectivity index (χ3n) is 5.77. The predicted octanol–water partition coefficient (Wildman–Crippen LogP) is 2.50. The lowest BCUT2D eigenvalue weighted by molar-refractivity contribution is -0.143. The molecule has 0 aromatic heterocycles. The van der Waals surface area contributed by atoms with E-state index in [2.05, 4.69) is 5.32 Å². The van der Waals surface area contributed by atoms with E-state index in [0.717, 1.165) is 31.4 Å². The molecule has 28 heavy (non-hydrogen) atoms. The minimum atomic E-state index is -1.13. The molecule has 152 valence electrons. The van der Waals surface area contributed by atoms with Gasteiger partial charge in [-0.1, -0.05) is 25.0 Å². The van der Waals surface area contributed by atoms with E-state index in [9.17, 15) is 14.4 Å². The normalized spacial score (nSPS) is 22.7. The van der Waals surface area contributed by atoms with Crippen LogP contribution in [0.4, 0.5) is 0 Å². The van der Waals surface area contributed by atoms with Crippen molar-refractivity contribution in [1.82, 2.24) is 10.2 Å². The summed E-state index contributed by atoms with van der Waals surface area (Å²) in [6, 6.07) is 7.13. The number of nitrogens with zero attached hydrogens (tertiary/aromatic N) is 1. The SMILES string of the molecule is COc1ccc(C2(CC(=O)NCCSC)CC(=O)N(C3CCCC3)C2=O)cc1. The summed E-state index contributed by atoms with van der Waals surface area (Å²) in [5, 5.41) is 2.88. The van der Waals surface area contributed by atoms with Gasteiger partial charge in [0.25, 0.3) is 0 Å². The average Bonchev–Trinajstić information content (AvgIpc) is 3.29. The minimum Gasteiger partial charge on any atom is -0.497 e. The molecule has 1 aromatic carbocycles. The highest BCUT2D eigenvalue weighted by molar-refractivity contribution is 7.98. The zero-order valence-corrected chi connectivity index (χ0v) is 17.3. The number of amides is 3. The molecule has 2 aliphatic rings. The summed E-state index contributed by atoms with van der Waals surface area (Å²) in [6.45, 7) is 0.549. The monoisotopic (exact) mass is 404 g/mol. The Labute approximate surface area is 170 Å². The fourth-order valence-corrected chi connectivity index (χ4v) is 4.61. The second kappa shape index (κ2) is 8.99. The Balaban J connectivity index is 1.91. The third kappa shape index (κ3) is 4.04. The van der Waals surface area contributed by atoms with Crippen LogP contribution in [-0.4, -0.2) is 54.3 Å². The summed E-state index contributed by atoms with van der Waals surface area (Å²) < 4.78 is 5.22. The van der Waals surface area contributed by atoms with Gasteiger partial charge in [-0.2, -0.15) is 11.8 Å². The number of nitrogens with one attached hydrogen (secondary N) is 1. The fraction of sp³-hybridized carbons (Fsp3) is 0.571. The molecular formula is C21H28N2O4S. The molecule has 1 atom stereocenters. The van der Waals surface area contributed by atoms with Crippen molar-refractivity contribution in [2.75, 3.05) is 25.7 Å². The van der Waals surface area contributed by atoms with Crippen molar-refractivity contribution in [1.29, 1.82) is 0 Å². The highest BCUT2D eigenvalue weighted by Gasteiger charge is 2.55. The van der Waals surface area contributed by atoms with Crippen molar-refractivity contribution in [3.05, 3.63) is 29.8 Å². The summed E-state index contributed by atoms with van der Waals surface area (Å²) in [5.41, 5.74) is -0.429. The van der Waals surface area contributed by atoms with Gasteiger partial charge in [-0.3, -0.25) is 19.3 Å². The van der Waals surface area contributed by atoms with Crippen molar-refractivity contribution < 1.29 is 19.1 Å². The van der Waals surface area contributed by atoms with E-state index in [0.29, 0.717) is 17.9 Å². The zero-order valence-electron chi connectivity index (χ0n) is 16.5. The van der Waals surface area contributed by atoms with Gasteiger partial charge in [0.1, 0.15) is 5.75 Å². The lowest BCUT2D eigenvalue weighted by atomic mass is 9.75. The van der Waals surface area contributed by atoms with E-state index in [4.69, 9.17) is 4.74 Å². The number of rotatable bonds is 8. The predicted molar refractivity (Wildman–Crippen MR) is 109 cm³/mol. The average molecular weight is 405 g/mol. The van der Waals surface area contributed by atoms with Crippen molar-refractivity contribution in [3.63, 3.8) is 0 Å². The molecule has 1 saturated heterocycles. The molecule has 3 amide bonds. The van der Waals surface area contributed by atoms with Crippen molar-refractivity contribution in [2.45, 2.75) is 50.0 Å². The van der Waals surface area contributed by atoms with Gasteiger partial charge < -0.3 is 10.1 Å². The molecule has 1 saturated carbocycles. The van der Waals surface area contributed by atoms with Gasteiger partial charge in [-0.25, -0.2) is 0 Å². The van der Waals surface area contributed by atoms with Gasteiger partial charge in [-0.15, -0.1) is 0 Å². The highest BCUT2D eigenvalue weighted by Crippen LogP contribution is 2.43. The molecule has 1 aliphatic heterocycles. The summed E-state index contributed by atoms with van der Waals surface area (Å²) in [5.74, 6) is 0.897. The molecular weight excluding hydrogens is 376 g/mol. The number of ether oxygens (including phenoxy) is 1. The standard InChI is InChI=1S/C21H28N2O4S/c1-27-17-9-7-15(8-10-17)21(13-18(24)22-11-12-28-2)14-19(25)23(20(21)26)16-5-3-4-6-16/h7-10,16H,3-6,11-14H2,1-2H3,(H,22,24). The van der Waals surface area contributed by atoms with Crippen LogP contribution in [0.1, 0.15) is 44.1 Å². The van der Waals surface area contributed by atoms with Crippen LogP contribution in [0, 0.1) is 0 Å². The number of carbonyl (C=O) groups is 3. The van der Waals surface area contributed by atoms with Gasteiger partial charge in [-0.05, 0) is 36.8 Å². The van der Waals surface area contributed by atoms with Crippen molar-refractivity contribution >= 4 is 29.5 Å². The Morgan fingerprint density at radius 3 is 2.54 bits per heavy atom. The number of likely N-dealkylation sites (tertiary alicyclic amines) is 1. The number of benzene rings is 1. The van der Waals surface area contributed by atoms with Crippen LogP contribution in [-0.2, 0) is 19.8 Å². The summed E-state index contributed by atoms with van der Waals surface area (Å²) >= 11 is 1.65. The molecule has 0 radical (unpaired) electrons. The van der Waals surface area contributed by atoms with Gasteiger partial charge >= 0.3 is 0 Å². The lowest BCUT2D eigenvalue weighted by Gasteiger charge is -2.29. The largest absolute Gasteiger partial charge is 0.497 e. The van der Waals surface area contributed by atoms with E-state index in [1.54, 1.807) is 43.1 Å². The van der Waals surface area contributed by atoms with E-state index < -0.39 is 5.41 Å². The second-order valence-electron chi connectivity index (χ2n) is 7.51. The first-order valence-corrected chi connectivity index (χ1v) is 11.2. The quantitative estimate of drug-likeness (QED) is 0.532. The fourth-order valence-electron chi connectivity index (χ4n) is 4.30. The van der Waals surface area contributed by atoms with E-state index in [1.807, 2.05) is 6.26 Å². The molecule has 1 heterocycles. The van der Waals surface area contributed by atoms with E-state index >= 15 is 0 Å². The smallest absolute Gasteiger partial charge is 0.241 e. The first kappa shape index (κ1) is 20.7. The zero-order chi connectivity index (χ0) is 20.1. The molecule has 2 fully saturated rings. The Morgan fingerprint density at radius 1 is 1.25 bits per heavy atom. The second-order valence-corrected chi connectivity index (χ2v) is 8.50. The lowest BCUT2D eigenvalue weighted by Crippen LogP contribution is -2.45. The van der Waals surface area contributed by atoms with Gasteiger partial charge in [0.05, 0.1) is 12.5 Å². The van der Waals surface area contributed by atoms with Gasteiger partial charge in [0, 0.05) is 31.2 Å². The van der Waals surface area contributed by atoms with Crippen LogP contribution < -0.4 is 10.1 Å². The van der Waals surface area contributed by atoms with Gasteiger partial charge in [0.2, 0.25) is 17.7 Å². The summed E-state index contributed by atoms with van der Waals surface area (Å²) in [7, 11) is 1.58.